The van der Waals surface area contributed by atoms with Gasteiger partial charge in [-0.15, -0.1) is 0 Å². The third kappa shape index (κ3) is 3.09. The minimum Gasteiger partial charge on any atom is -0.451 e. The fourth-order valence-corrected chi connectivity index (χ4v) is 2.06. The molecule has 0 amide bonds. The van der Waals surface area contributed by atoms with E-state index >= 15 is 0 Å². The molecule has 0 fully saturated rings. The summed E-state index contributed by atoms with van der Waals surface area (Å²) < 4.78 is 7.72. The number of nitrogen functional groups attached to an aromatic ring is 2. The molecule has 0 aliphatic carbocycles. The number of anilines is 2. The van der Waals surface area contributed by atoms with Crippen LogP contribution in [-0.4, -0.2) is 9.97 Å². The zero-order valence-electron chi connectivity index (χ0n) is 8.52. The van der Waals surface area contributed by atoms with Crippen molar-refractivity contribution in [2.24, 2.45) is 0 Å². The average Bonchev–Trinajstić information content (AvgIpc) is 2.27. The summed E-state index contributed by atoms with van der Waals surface area (Å²) in [4.78, 5) is 7.68. The van der Waals surface area contributed by atoms with Crippen LogP contribution in [-0.2, 0) is 0 Å². The summed E-state index contributed by atoms with van der Waals surface area (Å²) in [6, 6.07) is 5.88. The van der Waals surface area contributed by atoms with Gasteiger partial charge in [0.25, 0.3) is 0 Å². The number of nitrogens with two attached hydrogens (primary N) is 2. The maximum Gasteiger partial charge on any atom is 0.222 e. The SMILES string of the molecule is Nc1ncc(Oc2cc(I)ccc2I)c(N)n1. The minimum atomic E-state index is 0.132. The van der Waals surface area contributed by atoms with Crippen LogP contribution in [0.4, 0.5) is 11.8 Å². The number of hydrogen-bond donors (Lipinski definition) is 2. The lowest BCUT2D eigenvalue weighted by atomic mass is 10.3. The molecular formula is C10H8I2N4O. The molecule has 0 spiro atoms. The summed E-state index contributed by atoms with van der Waals surface area (Å²) in [5.41, 5.74) is 11.1. The standard InChI is InChI=1S/C10H8I2N4O/c11-5-1-2-6(12)7(3-5)17-8-4-15-10(14)16-9(8)13/h1-4H,(H4,13,14,15,16). The highest BCUT2D eigenvalue weighted by atomic mass is 127. The van der Waals surface area contributed by atoms with Gasteiger partial charge in [0.1, 0.15) is 5.75 Å². The topological polar surface area (TPSA) is 87.0 Å². The highest BCUT2D eigenvalue weighted by Gasteiger charge is 2.08. The lowest BCUT2D eigenvalue weighted by Crippen LogP contribution is -2.01. The van der Waals surface area contributed by atoms with E-state index in [0.717, 1.165) is 12.9 Å². The number of halogens is 2. The van der Waals surface area contributed by atoms with Crippen molar-refractivity contribution >= 4 is 56.9 Å². The Bertz CT molecular complexity index is 562. The Kier molecular flexibility index (Phi) is 3.86. The third-order valence-corrected chi connectivity index (χ3v) is 3.48. The zero-order chi connectivity index (χ0) is 12.4. The van der Waals surface area contributed by atoms with Gasteiger partial charge in [0.2, 0.25) is 5.95 Å². The molecular weight excluding hydrogens is 446 g/mol. The largest absolute Gasteiger partial charge is 0.451 e. The second-order valence-electron chi connectivity index (χ2n) is 3.15. The maximum absolute atomic E-state index is 5.70. The molecule has 0 bridgehead atoms. The first-order chi connectivity index (χ1) is 8.06. The van der Waals surface area contributed by atoms with E-state index in [1.54, 1.807) is 0 Å². The molecule has 7 heteroatoms. The molecule has 0 saturated heterocycles. The Morgan fingerprint density at radius 1 is 1.12 bits per heavy atom. The summed E-state index contributed by atoms with van der Waals surface area (Å²) >= 11 is 4.40. The smallest absolute Gasteiger partial charge is 0.222 e. The van der Waals surface area contributed by atoms with Gasteiger partial charge in [0, 0.05) is 3.57 Å². The highest BCUT2D eigenvalue weighted by molar-refractivity contribution is 14.1. The van der Waals surface area contributed by atoms with Crippen LogP contribution in [0.2, 0.25) is 0 Å². The Balaban J connectivity index is 2.34. The summed E-state index contributed by atoms with van der Waals surface area (Å²) in [7, 11) is 0. The van der Waals surface area contributed by atoms with Gasteiger partial charge in [0.05, 0.1) is 9.77 Å². The van der Waals surface area contributed by atoms with Gasteiger partial charge >= 0.3 is 0 Å². The fourth-order valence-electron chi connectivity index (χ4n) is 1.15. The summed E-state index contributed by atoms with van der Waals surface area (Å²) in [5, 5.41) is 0. The predicted molar refractivity (Wildman–Crippen MR) is 82.8 cm³/mol. The molecule has 88 valence electrons. The summed E-state index contributed by atoms with van der Waals surface area (Å²) in [5.74, 6) is 1.48. The lowest BCUT2D eigenvalue weighted by Gasteiger charge is -2.09. The first-order valence-electron chi connectivity index (χ1n) is 4.57. The van der Waals surface area contributed by atoms with E-state index in [1.165, 1.54) is 6.20 Å². The average molecular weight is 454 g/mol. The van der Waals surface area contributed by atoms with E-state index < -0.39 is 0 Å². The predicted octanol–water partition coefficient (Wildman–Crippen LogP) is 2.64. The molecule has 0 aliphatic heterocycles. The number of ether oxygens (including phenoxy) is 1. The van der Waals surface area contributed by atoms with Gasteiger partial charge in [-0.25, -0.2) is 4.98 Å². The van der Waals surface area contributed by atoms with Gasteiger partial charge in [-0.1, -0.05) is 0 Å². The summed E-state index contributed by atoms with van der Waals surface area (Å²) in [6.07, 6.45) is 1.47. The van der Waals surface area contributed by atoms with Crippen molar-refractivity contribution < 1.29 is 4.74 Å². The van der Waals surface area contributed by atoms with Crippen molar-refractivity contribution in [1.82, 2.24) is 9.97 Å². The number of hydrogen-bond acceptors (Lipinski definition) is 5. The number of rotatable bonds is 2. The molecule has 17 heavy (non-hydrogen) atoms. The number of aromatic nitrogens is 2. The van der Waals surface area contributed by atoms with E-state index in [2.05, 4.69) is 55.1 Å². The highest BCUT2D eigenvalue weighted by Crippen LogP contribution is 2.30. The minimum absolute atomic E-state index is 0.132. The van der Waals surface area contributed by atoms with Crippen LogP contribution >= 0.6 is 45.2 Å². The molecule has 1 heterocycles. The second kappa shape index (κ2) is 5.21. The maximum atomic E-state index is 5.70. The van der Waals surface area contributed by atoms with E-state index in [1.807, 2.05) is 18.2 Å². The fraction of sp³-hybridized carbons (Fsp3) is 0. The van der Waals surface area contributed by atoms with E-state index in [-0.39, 0.29) is 11.8 Å². The summed E-state index contributed by atoms with van der Waals surface area (Å²) in [6.45, 7) is 0. The molecule has 0 aliphatic rings. The molecule has 2 aromatic rings. The van der Waals surface area contributed by atoms with Crippen LogP contribution in [0.5, 0.6) is 11.5 Å². The lowest BCUT2D eigenvalue weighted by molar-refractivity contribution is 0.477. The van der Waals surface area contributed by atoms with Crippen molar-refractivity contribution in [2.75, 3.05) is 11.5 Å². The Labute approximate surface area is 125 Å². The van der Waals surface area contributed by atoms with Crippen molar-refractivity contribution in [2.45, 2.75) is 0 Å². The van der Waals surface area contributed by atoms with Gasteiger partial charge in [-0.05, 0) is 63.4 Å². The van der Waals surface area contributed by atoms with Gasteiger partial charge in [-0.2, -0.15) is 4.98 Å². The molecule has 0 atom stereocenters. The Morgan fingerprint density at radius 3 is 2.59 bits per heavy atom. The van der Waals surface area contributed by atoms with Crippen LogP contribution in [0.25, 0.3) is 0 Å². The number of benzene rings is 1. The van der Waals surface area contributed by atoms with Crippen molar-refractivity contribution in [3.05, 3.63) is 31.5 Å². The molecule has 0 unspecified atom stereocenters. The van der Waals surface area contributed by atoms with Crippen molar-refractivity contribution in [1.29, 1.82) is 0 Å². The van der Waals surface area contributed by atoms with Gasteiger partial charge in [0.15, 0.2) is 11.6 Å². The van der Waals surface area contributed by atoms with E-state index in [4.69, 9.17) is 16.2 Å². The Morgan fingerprint density at radius 2 is 1.88 bits per heavy atom. The van der Waals surface area contributed by atoms with Crippen LogP contribution in [0.3, 0.4) is 0 Å². The van der Waals surface area contributed by atoms with Gasteiger partial charge in [-0.3, -0.25) is 0 Å². The van der Waals surface area contributed by atoms with Gasteiger partial charge < -0.3 is 16.2 Å². The molecule has 0 radical (unpaired) electrons. The third-order valence-electron chi connectivity index (χ3n) is 1.91. The van der Waals surface area contributed by atoms with E-state index in [9.17, 15) is 0 Å². The van der Waals surface area contributed by atoms with Crippen molar-refractivity contribution in [3.8, 4) is 11.5 Å². The van der Waals surface area contributed by atoms with Crippen LogP contribution < -0.4 is 16.2 Å². The van der Waals surface area contributed by atoms with Crippen LogP contribution in [0.1, 0.15) is 0 Å². The van der Waals surface area contributed by atoms with Crippen LogP contribution in [0, 0.1) is 7.14 Å². The quantitative estimate of drug-likeness (QED) is 0.682. The molecule has 4 N–H and O–H groups in total. The molecule has 1 aromatic heterocycles. The first kappa shape index (κ1) is 12.6. The van der Waals surface area contributed by atoms with Crippen molar-refractivity contribution in [3.63, 3.8) is 0 Å². The first-order valence-corrected chi connectivity index (χ1v) is 6.73. The zero-order valence-corrected chi connectivity index (χ0v) is 12.8. The molecule has 0 saturated carbocycles. The Hall–Kier alpha value is -0.840. The second-order valence-corrected chi connectivity index (χ2v) is 5.56. The molecule has 2 rings (SSSR count). The monoisotopic (exact) mass is 454 g/mol. The molecule has 1 aromatic carbocycles. The molecule has 5 nitrogen and oxygen atoms in total. The van der Waals surface area contributed by atoms with Crippen LogP contribution in [0.15, 0.2) is 24.4 Å². The van der Waals surface area contributed by atoms with E-state index in [0.29, 0.717) is 5.75 Å². The normalized spacial score (nSPS) is 10.2. The number of nitrogens with zero attached hydrogens (tertiary/aromatic N) is 2.